The fraction of sp³-hybridized carbons (Fsp3) is 0.214. The Hall–Kier alpha value is -8.09. The summed E-state index contributed by atoms with van der Waals surface area (Å²) < 4.78 is 26.5. The summed E-state index contributed by atoms with van der Waals surface area (Å²) in [6, 6.07) is 40.6. The second-order valence-corrected chi connectivity index (χ2v) is 17.5. The number of likely N-dealkylation sites (N-methyl/N-ethyl adjacent to an activating group) is 2. The molecule has 0 spiro atoms. The quantitative estimate of drug-likeness (QED) is 0.0254. The Labute approximate surface area is 402 Å². The van der Waals surface area contributed by atoms with Crippen LogP contribution in [0.4, 0.5) is 0 Å². The number of para-hydroxylation sites is 4. The van der Waals surface area contributed by atoms with Gasteiger partial charge in [0.15, 0.2) is 0 Å². The van der Waals surface area contributed by atoms with E-state index in [1.165, 1.54) is 0 Å². The number of fused-ring (bicyclic) bond motifs is 8. The smallest absolute Gasteiger partial charge is 0.137 e. The van der Waals surface area contributed by atoms with Crippen LogP contribution in [-0.2, 0) is 0 Å². The highest BCUT2D eigenvalue weighted by Crippen LogP contribution is 2.44. The summed E-state index contributed by atoms with van der Waals surface area (Å²) in [7, 11) is 8.41. The van der Waals surface area contributed by atoms with E-state index in [1.807, 2.05) is 92.8 Å². The summed E-state index contributed by atoms with van der Waals surface area (Å²) in [5.74, 6) is 2.85. The Kier molecular flexibility index (Phi) is 13.9. The third-order valence-electron chi connectivity index (χ3n) is 11.8. The second kappa shape index (κ2) is 20.8. The topological polar surface area (TPSA) is 155 Å². The number of aromatic nitrogens is 4. The lowest BCUT2D eigenvalue weighted by molar-refractivity contribution is -0.870. The first kappa shape index (κ1) is 46.0. The van der Waals surface area contributed by atoms with Gasteiger partial charge in [-0.1, -0.05) is 77.9 Å². The van der Waals surface area contributed by atoms with Gasteiger partial charge in [-0.3, -0.25) is 0 Å². The first-order valence-corrected chi connectivity index (χ1v) is 23.3. The van der Waals surface area contributed by atoms with Crippen LogP contribution in [0, 0.1) is 0 Å². The molecule has 13 nitrogen and oxygen atoms in total. The largest absolute Gasteiger partial charge is 0.493 e. The van der Waals surface area contributed by atoms with E-state index in [9.17, 15) is 0 Å². The number of aromatic amines is 2. The summed E-state index contributed by atoms with van der Waals surface area (Å²) in [6.07, 6.45) is 8.27. The molecule has 7 aromatic rings. The minimum absolute atomic E-state index is 0.179. The van der Waals surface area contributed by atoms with E-state index in [1.54, 1.807) is 0 Å². The summed E-state index contributed by atoms with van der Waals surface area (Å²) >= 11 is 0. The van der Waals surface area contributed by atoms with Gasteiger partial charge in [-0.2, -0.15) is 0 Å². The number of H-pyrrole nitrogens is 2. The van der Waals surface area contributed by atoms with Gasteiger partial charge in [0.05, 0.1) is 63.7 Å². The van der Waals surface area contributed by atoms with Crippen molar-refractivity contribution < 1.29 is 23.4 Å². The van der Waals surface area contributed by atoms with Crippen molar-refractivity contribution in [2.45, 2.75) is 6.92 Å². The standard InChI is InChI=1S/C56H56N9O4/c1-6-66-49-19-11-7-15-37(49)53-41-23-25-45(60-41)55(39-17-9-13-21-51(39)68-35-32-59-64-57)46-28-27-43(62-46)54(38-16-8-12-20-50(38)67-34-31-58-2)44-29-30-48(63-44)56(47-26-24-42(53)61-47)40-18-10-14-22-52(40)69-36-33-65(3,4)5/h7-30,58,60,63H,6,31-36H2,1-5H3/q+1. The summed E-state index contributed by atoms with van der Waals surface area (Å²) in [6.45, 7) is 5.36. The normalized spacial score (nSPS) is 11.9. The molecule has 0 amide bonds. The SMILES string of the molecule is CCOc1ccccc1-c1c2nc(c(-c3ccccc3OCC[N+](C)(C)C)c3ccc([nH]3)c(-c3ccccc3OCCNC)c3nc(c(-c4ccccc4OCCN=[N+]=[N-])c4ccc1[nH]4)C=C3)C=C2. The minimum atomic E-state index is 0.179. The molecule has 13 heteroatoms. The predicted octanol–water partition coefficient (Wildman–Crippen LogP) is 12.1. The number of quaternary nitrogens is 1. The van der Waals surface area contributed by atoms with E-state index < -0.39 is 0 Å². The fourth-order valence-electron chi connectivity index (χ4n) is 8.62. The Morgan fingerprint density at radius 1 is 0.522 bits per heavy atom. The maximum absolute atomic E-state index is 9.01. The molecule has 9 rings (SSSR count). The molecule has 0 fully saturated rings. The van der Waals surface area contributed by atoms with Crippen LogP contribution in [0.2, 0.25) is 0 Å². The molecule has 2 aliphatic heterocycles. The first-order chi connectivity index (χ1) is 33.7. The first-order valence-electron chi connectivity index (χ1n) is 23.3. The van der Waals surface area contributed by atoms with E-state index in [2.05, 4.69) is 113 Å². The van der Waals surface area contributed by atoms with Gasteiger partial charge in [0.1, 0.15) is 42.8 Å². The molecule has 0 radical (unpaired) electrons. The van der Waals surface area contributed by atoms with Gasteiger partial charge in [-0.25, -0.2) is 9.97 Å². The van der Waals surface area contributed by atoms with Gasteiger partial charge in [0, 0.05) is 78.0 Å². The van der Waals surface area contributed by atoms with Gasteiger partial charge in [0.25, 0.3) is 0 Å². The Bertz CT molecular complexity index is 3280. The third-order valence-corrected chi connectivity index (χ3v) is 11.8. The average molecular weight is 919 g/mol. The lowest BCUT2D eigenvalue weighted by atomic mass is 10.0. The van der Waals surface area contributed by atoms with E-state index >= 15 is 0 Å². The highest BCUT2D eigenvalue weighted by molar-refractivity contribution is 6.01. The van der Waals surface area contributed by atoms with Crippen LogP contribution >= 0.6 is 0 Å². The van der Waals surface area contributed by atoms with Crippen molar-refractivity contribution in [3.8, 4) is 67.5 Å². The molecule has 0 aliphatic carbocycles. The highest BCUT2D eigenvalue weighted by atomic mass is 16.5. The number of hydrogen-bond donors (Lipinski definition) is 3. The summed E-state index contributed by atoms with van der Waals surface area (Å²) in [5.41, 5.74) is 22.2. The van der Waals surface area contributed by atoms with Crippen molar-refractivity contribution in [3.63, 3.8) is 0 Å². The molecule has 348 valence electrons. The van der Waals surface area contributed by atoms with Crippen molar-refractivity contribution in [2.75, 3.05) is 74.3 Å². The minimum Gasteiger partial charge on any atom is -0.493 e. The lowest BCUT2D eigenvalue weighted by Crippen LogP contribution is -2.38. The molecular weight excluding hydrogens is 863 g/mol. The fourth-order valence-corrected chi connectivity index (χ4v) is 8.62. The third kappa shape index (κ3) is 10.1. The number of hydrogen-bond acceptors (Lipinski definition) is 8. The van der Waals surface area contributed by atoms with Crippen LogP contribution in [0.3, 0.4) is 0 Å². The van der Waals surface area contributed by atoms with Gasteiger partial charge < -0.3 is 38.7 Å². The molecule has 0 unspecified atom stereocenters. The molecular formula is C56H56N9O4+. The average Bonchev–Trinajstić information content (AvgIpc) is 4.21. The van der Waals surface area contributed by atoms with Crippen molar-refractivity contribution in [1.82, 2.24) is 25.3 Å². The Morgan fingerprint density at radius 2 is 0.884 bits per heavy atom. The predicted molar refractivity (Wildman–Crippen MR) is 279 cm³/mol. The number of nitrogens with one attached hydrogen (secondary N) is 3. The molecule has 0 saturated carbocycles. The number of nitrogens with zero attached hydrogens (tertiary/aromatic N) is 6. The van der Waals surface area contributed by atoms with E-state index in [0.717, 1.165) is 112 Å². The van der Waals surface area contributed by atoms with Crippen LogP contribution in [0.1, 0.15) is 29.7 Å². The van der Waals surface area contributed by atoms with Crippen molar-refractivity contribution in [2.24, 2.45) is 5.11 Å². The van der Waals surface area contributed by atoms with Crippen LogP contribution in [0.5, 0.6) is 23.0 Å². The van der Waals surface area contributed by atoms with Crippen molar-refractivity contribution in [1.29, 1.82) is 0 Å². The zero-order chi connectivity index (χ0) is 47.7. The van der Waals surface area contributed by atoms with E-state index in [-0.39, 0.29) is 13.2 Å². The second-order valence-electron chi connectivity index (χ2n) is 17.5. The number of benzene rings is 4. The van der Waals surface area contributed by atoms with Crippen molar-refractivity contribution in [3.05, 3.63) is 155 Å². The molecule has 3 N–H and O–H groups in total. The van der Waals surface area contributed by atoms with E-state index in [4.69, 9.17) is 34.4 Å². The van der Waals surface area contributed by atoms with Crippen LogP contribution in [-0.4, -0.2) is 98.7 Å². The zero-order valence-electron chi connectivity index (χ0n) is 39.6. The molecule has 5 heterocycles. The summed E-state index contributed by atoms with van der Waals surface area (Å²) in [5, 5.41) is 6.92. The Balaban J connectivity index is 1.42. The van der Waals surface area contributed by atoms with Crippen molar-refractivity contribution >= 4 is 46.4 Å². The maximum atomic E-state index is 9.01. The molecule has 2 aliphatic rings. The van der Waals surface area contributed by atoms with Gasteiger partial charge in [0.2, 0.25) is 0 Å². The van der Waals surface area contributed by atoms with Crippen LogP contribution in [0.15, 0.2) is 126 Å². The number of rotatable bonds is 18. The molecule has 0 atom stereocenters. The van der Waals surface area contributed by atoms with Gasteiger partial charge >= 0.3 is 0 Å². The summed E-state index contributed by atoms with van der Waals surface area (Å²) in [4.78, 5) is 21.7. The zero-order valence-corrected chi connectivity index (χ0v) is 39.6. The van der Waals surface area contributed by atoms with Crippen LogP contribution in [0.25, 0.3) is 101 Å². The number of azide groups is 1. The molecule has 8 bridgehead atoms. The number of ether oxygens (including phenoxy) is 4. The molecule has 0 saturated heterocycles. The highest BCUT2D eigenvalue weighted by Gasteiger charge is 2.23. The lowest BCUT2D eigenvalue weighted by Gasteiger charge is -2.24. The molecule has 4 aromatic carbocycles. The van der Waals surface area contributed by atoms with Gasteiger partial charge in [-0.05, 0) is 92.3 Å². The molecule has 69 heavy (non-hydrogen) atoms. The molecule has 3 aromatic heterocycles. The Morgan fingerprint density at radius 3 is 1.25 bits per heavy atom. The monoisotopic (exact) mass is 918 g/mol. The van der Waals surface area contributed by atoms with Crippen LogP contribution < -0.4 is 24.3 Å². The maximum Gasteiger partial charge on any atom is 0.137 e. The van der Waals surface area contributed by atoms with E-state index in [0.29, 0.717) is 37.8 Å². The van der Waals surface area contributed by atoms with Gasteiger partial charge in [-0.15, -0.1) is 0 Å².